The topological polar surface area (TPSA) is 99.3 Å². The molecule has 0 aromatic heterocycles. The second-order valence-corrected chi connectivity index (χ2v) is 8.68. The first-order valence-corrected chi connectivity index (χ1v) is 10.9. The third-order valence-electron chi connectivity index (χ3n) is 4.90. The second-order valence-electron chi connectivity index (χ2n) is 6.74. The van der Waals surface area contributed by atoms with Crippen LogP contribution in [0.25, 0.3) is 0 Å². The first-order valence-electron chi connectivity index (χ1n) is 9.49. The first kappa shape index (κ1) is 20.4. The van der Waals surface area contributed by atoms with E-state index >= 15 is 0 Å². The van der Waals surface area contributed by atoms with E-state index in [0.717, 1.165) is 25.9 Å². The van der Waals surface area contributed by atoms with Crippen molar-refractivity contribution < 1.29 is 22.7 Å². The lowest BCUT2D eigenvalue weighted by atomic mass is 10.3. The van der Waals surface area contributed by atoms with Crippen molar-refractivity contribution >= 4 is 27.8 Å². The maximum absolute atomic E-state index is 12.8. The zero-order valence-electron chi connectivity index (χ0n) is 16.0. The van der Waals surface area contributed by atoms with E-state index in [4.69, 9.17) is 4.74 Å². The van der Waals surface area contributed by atoms with Crippen molar-refractivity contribution in [3.63, 3.8) is 0 Å². The quantitative estimate of drug-likeness (QED) is 0.816. The normalized spacial score (nSPS) is 18.2. The van der Waals surface area contributed by atoms with Crippen LogP contribution >= 0.6 is 0 Å². The average Bonchev–Trinajstić information content (AvgIpc) is 3.24. The van der Waals surface area contributed by atoms with Crippen LogP contribution in [-0.2, 0) is 14.8 Å². The highest BCUT2D eigenvalue weighted by molar-refractivity contribution is 7.89. The molecule has 1 N–H and O–H groups in total. The van der Waals surface area contributed by atoms with E-state index in [1.165, 1.54) is 21.3 Å². The highest BCUT2D eigenvalue weighted by Gasteiger charge is 2.30. The Kier molecular flexibility index (Phi) is 6.40. The van der Waals surface area contributed by atoms with Gasteiger partial charge in [-0.15, -0.1) is 0 Å². The van der Waals surface area contributed by atoms with Gasteiger partial charge in [0.1, 0.15) is 0 Å². The fourth-order valence-corrected chi connectivity index (χ4v) is 4.73. The number of carbonyl (C=O) groups excluding carboxylic acids is 2. The molecule has 0 bridgehead atoms. The number of sulfonamides is 1. The van der Waals surface area contributed by atoms with Crippen molar-refractivity contribution in [1.29, 1.82) is 0 Å². The van der Waals surface area contributed by atoms with E-state index in [9.17, 15) is 18.0 Å². The molecule has 3 rings (SSSR count). The number of benzene rings is 1. The minimum absolute atomic E-state index is 0.163. The number of amides is 3. The second kappa shape index (κ2) is 8.78. The number of rotatable bonds is 4. The molecule has 2 heterocycles. The highest BCUT2D eigenvalue weighted by atomic mass is 32.2. The molecule has 0 spiro atoms. The Morgan fingerprint density at radius 3 is 2.14 bits per heavy atom. The van der Waals surface area contributed by atoms with E-state index in [1.807, 2.05) is 0 Å². The Morgan fingerprint density at radius 1 is 0.964 bits per heavy atom. The first-order chi connectivity index (χ1) is 13.4. The molecular formula is C18H26N4O5S. The van der Waals surface area contributed by atoms with Crippen molar-refractivity contribution in [3.05, 3.63) is 24.3 Å². The molecule has 28 heavy (non-hydrogen) atoms. The molecule has 0 atom stereocenters. The molecule has 9 nitrogen and oxygen atoms in total. The van der Waals surface area contributed by atoms with Crippen LogP contribution in [0.5, 0.6) is 0 Å². The predicted molar refractivity (Wildman–Crippen MR) is 104 cm³/mol. The van der Waals surface area contributed by atoms with E-state index < -0.39 is 16.1 Å². The molecule has 2 aliphatic rings. The third-order valence-corrected chi connectivity index (χ3v) is 6.81. The van der Waals surface area contributed by atoms with Crippen molar-refractivity contribution in [2.75, 3.05) is 51.2 Å². The van der Waals surface area contributed by atoms with E-state index in [-0.39, 0.29) is 30.6 Å². The zero-order valence-corrected chi connectivity index (χ0v) is 16.8. The maximum Gasteiger partial charge on any atom is 0.409 e. The number of ether oxygens (including phenoxy) is 1. The van der Waals surface area contributed by atoms with Crippen molar-refractivity contribution in [2.45, 2.75) is 24.7 Å². The lowest BCUT2D eigenvalue weighted by Gasteiger charge is -2.33. The van der Waals surface area contributed by atoms with Gasteiger partial charge in [0, 0.05) is 45.0 Å². The summed E-state index contributed by atoms with van der Waals surface area (Å²) in [5, 5.41) is 2.79. The number of urea groups is 1. The average molecular weight is 410 g/mol. The van der Waals surface area contributed by atoms with Gasteiger partial charge >= 0.3 is 12.1 Å². The highest BCUT2D eigenvalue weighted by Crippen LogP contribution is 2.21. The van der Waals surface area contributed by atoms with Crippen LogP contribution in [0.3, 0.4) is 0 Å². The van der Waals surface area contributed by atoms with Crippen LogP contribution in [-0.4, -0.2) is 80.5 Å². The smallest absolute Gasteiger partial charge is 0.409 e. The summed E-state index contributed by atoms with van der Waals surface area (Å²) in [5.74, 6) is 0. The van der Waals surface area contributed by atoms with Crippen LogP contribution in [0.4, 0.5) is 15.3 Å². The summed E-state index contributed by atoms with van der Waals surface area (Å²) >= 11 is 0. The molecule has 154 valence electrons. The van der Waals surface area contributed by atoms with Crippen LogP contribution in [0.1, 0.15) is 19.8 Å². The monoisotopic (exact) mass is 410 g/mol. The fraction of sp³-hybridized carbons (Fsp3) is 0.556. The summed E-state index contributed by atoms with van der Waals surface area (Å²) in [5.41, 5.74) is 0.558. The summed E-state index contributed by atoms with van der Waals surface area (Å²) in [7, 11) is -3.65. The zero-order chi connectivity index (χ0) is 20.1. The van der Waals surface area contributed by atoms with Crippen LogP contribution in [0, 0.1) is 0 Å². The summed E-state index contributed by atoms with van der Waals surface area (Å²) in [6.07, 6.45) is 1.60. The number of carbonyl (C=O) groups is 2. The SMILES string of the molecule is CCOC(=O)N1CCN(S(=O)(=O)c2ccc(NC(=O)N3CCCC3)cc2)CC1. The molecule has 0 unspecified atom stereocenters. The summed E-state index contributed by atoms with van der Waals surface area (Å²) in [6.45, 7) is 4.53. The lowest BCUT2D eigenvalue weighted by Crippen LogP contribution is -2.50. The van der Waals surface area contributed by atoms with E-state index in [1.54, 1.807) is 24.0 Å². The lowest BCUT2D eigenvalue weighted by molar-refractivity contribution is 0.0934. The van der Waals surface area contributed by atoms with Gasteiger partial charge in [-0.05, 0) is 44.0 Å². The van der Waals surface area contributed by atoms with Gasteiger partial charge in [-0.2, -0.15) is 4.31 Å². The molecule has 0 aliphatic carbocycles. The van der Waals surface area contributed by atoms with Gasteiger partial charge in [-0.25, -0.2) is 18.0 Å². The Balaban J connectivity index is 1.59. The standard InChI is InChI=1S/C18H26N4O5S/c1-2-27-18(24)21-11-13-22(14-12-21)28(25,26)16-7-5-15(6-8-16)19-17(23)20-9-3-4-10-20/h5-8H,2-4,9-14H2,1H3,(H,19,23). The van der Waals surface area contributed by atoms with Crippen LogP contribution in [0.2, 0.25) is 0 Å². The van der Waals surface area contributed by atoms with Gasteiger partial charge in [0.25, 0.3) is 0 Å². The van der Waals surface area contributed by atoms with Crippen molar-refractivity contribution in [2.24, 2.45) is 0 Å². The van der Waals surface area contributed by atoms with Crippen molar-refractivity contribution in [3.8, 4) is 0 Å². The van der Waals surface area contributed by atoms with Gasteiger partial charge in [0.05, 0.1) is 11.5 Å². The van der Waals surface area contributed by atoms with Crippen LogP contribution in [0.15, 0.2) is 29.2 Å². The summed E-state index contributed by atoms with van der Waals surface area (Å²) in [6, 6.07) is 6.01. The minimum Gasteiger partial charge on any atom is -0.450 e. The molecule has 2 saturated heterocycles. The Hall–Kier alpha value is -2.33. The molecule has 10 heteroatoms. The number of anilines is 1. The Labute approximate surface area is 165 Å². The summed E-state index contributed by atoms with van der Waals surface area (Å²) in [4.78, 5) is 27.3. The molecule has 3 amide bonds. The number of piperazine rings is 1. The minimum atomic E-state index is -3.65. The van der Waals surface area contributed by atoms with Crippen molar-refractivity contribution in [1.82, 2.24) is 14.1 Å². The molecular weight excluding hydrogens is 384 g/mol. The van der Waals surface area contributed by atoms with Gasteiger partial charge in [-0.1, -0.05) is 0 Å². The number of nitrogens with zero attached hydrogens (tertiary/aromatic N) is 3. The molecule has 0 saturated carbocycles. The number of nitrogens with one attached hydrogen (secondary N) is 1. The third kappa shape index (κ3) is 4.56. The van der Waals surface area contributed by atoms with E-state index in [0.29, 0.717) is 18.8 Å². The molecule has 2 fully saturated rings. The Bertz CT molecular complexity index is 798. The summed E-state index contributed by atoms with van der Waals surface area (Å²) < 4.78 is 32.0. The number of hydrogen-bond donors (Lipinski definition) is 1. The van der Waals surface area contributed by atoms with Gasteiger partial charge in [0.2, 0.25) is 10.0 Å². The maximum atomic E-state index is 12.8. The number of likely N-dealkylation sites (tertiary alicyclic amines) is 1. The Morgan fingerprint density at radius 2 is 1.57 bits per heavy atom. The molecule has 1 aromatic carbocycles. The fourth-order valence-electron chi connectivity index (χ4n) is 3.31. The van der Waals surface area contributed by atoms with Gasteiger partial charge in [0.15, 0.2) is 0 Å². The molecule has 2 aliphatic heterocycles. The number of hydrogen-bond acceptors (Lipinski definition) is 5. The van der Waals surface area contributed by atoms with Gasteiger partial charge in [-0.3, -0.25) is 0 Å². The van der Waals surface area contributed by atoms with E-state index in [2.05, 4.69) is 5.32 Å². The van der Waals surface area contributed by atoms with Crippen LogP contribution < -0.4 is 5.32 Å². The largest absolute Gasteiger partial charge is 0.450 e. The predicted octanol–water partition coefficient (Wildman–Crippen LogP) is 1.78. The van der Waals surface area contributed by atoms with Gasteiger partial charge < -0.3 is 19.9 Å². The molecule has 1 aromatic rings. The molecule has 0 radical (unpaired) electrons.